The molecule has 0 bridgehead atoms. The van der Waals surface area contributed by atoms with E-state index in [2.05, 4.69) is 45.4 Å². The summed E-state index contributed by atoms with van der Waals surface area (Å²) in [7, 11) is -3.56. The Balaban J connectivity index is 1.22. The van der Waals surface area contributed by atoms with Gasteiger partial charge in [-0.3, -0.25) is 4.98 Å². The number of nitrogens with two attached hydrogens (primary N) is 1. The minimum atomic E-state index is -3.56. The molecule has 6 nitrogen and oxygen atoms in total. The topological polar surface area (TPSA) is 97.1 Å². The van der Waals surface area contributed by atoms with Crippen LogP contribution in [0.25, 0.3) is 12.2 Å². The Morgan fingerprint density at radius 2 is 1.69 bits per heavy atom. The van der Waals surface area contributed by atoms with Crippen molar-refractivity contribution in [1.29, 1.82) is 0 Å². The molecule has 0 saturated heterocycles. The molecular weight excluding hydrogens is 420 g/mol. The van der Waals surface area contributed by atoms with Gasteiger partial charge in [0.15, 0.2) is 0 Å². The van der Waals surface area contributed by atoms with Gasteiger partial charge < -0.3 is 11.1 Å². The van der Waals surface area contributed by atoms with E-state index in [-0.39, 0.29) is 10.6 Å². The van der Waals surface area contributed by atoms with Gasteiger partial charge in [-0.2, -0.15) is 0 Å². The van der Waals surface area contributed by atoms with Crippen molar-refractivity contribution in [3.05, 3.63) is 65.5 Å². The Bertz CT molecular complexity index is 1090. The maximum absolute atomic E-state index is 12.5. The first-order chi connectivity index (χ1) is 15.5. The highest BCUT2D eigenvalue weighted by atomic mass is 32.2. The Hall–Kier alpha value is -2.48. The predicted molar refractivity (Wildman–Crippen MR) is 130 cm³/mol. The Labute approximate surface area is 191 Å². The monoisotopic (exact) mass is 452 g/mol. The zero-order valence-electron chi connectivity index (χ0n) is 18.3. The molecule has 7 heteroatoms. The van der Waals surface area contributed by atoms with E-state index >= 15 is 0 Å². The van der Waals surface area contributed by atoms with Crippen molar-refractivity contribution in [1.82, 2.24) is 15.0 Å². The van der Waals surface area contributed by atoms with E-state index in [4.69, 9.17) is 5.73 Å². The molecule has 0 atom stereocenters. The smallest absolute Gasteiger partial charge is 0.242 e. The first-order valence-electron chi connectivity index (χ1n) is 11.4. The van der Waals surface area contributed by atoms with Crippen molar-refractivity contribution in [2.75, 3.05) is 18.8 Å². The van der Waals surface area contributed by atoms with Crippen LogP contribution in [0, 0.1) is 11.8 Å². The molecule has 2 aliphatic carbocycles. The third-order valence-electron chi connectivity index (χ3n) is 6.43. The van der Waals surface area contributed by atoms with Gasteiger partial charge in [-0.25, -0.2) is 13.1 Å². The molecule has 170 valence electrons. The molecule has 1 aromatic heterocycles. The van der Waals surface area contributed by atoms with Crippen molar-refractivity contribution in [3.8, 4) is 0 Å². The van der Waals surface area contributed by atoms with Crippen LogP contribution in [-0.4, -0.2) is 26.5 Å². The predicted octanol–water partition coefficient (Wildman–Crippen LogP) is 3.97. The molecule has 1 heterocycles. The van der Waals surface area contributed by atoms with E-state index in [9.17, 15) is 8.42 Å². The molecule has 2 aliphatic rings. The number of benzene rings is 1. The number of fused-ring (bicyclic) bond motifs is 1. The molecule has 0 aliphatic heterocycles. The maximum Gasteiger partial charge on any atom is 0.242 e. The number of nitrogens with zero attached hydrogens (tertiary/aromatic N) is 1. The molecule has 0 radical (unpaired) electrons. The molecule has 1 saturated carbocycles. The second kappa shape index (κ2) is 10.4. The van der Waals surface area contributed by atoms with E-state index in [0.717, 1.165) is 50.9 Å². The highest BCUT2D eigenvalue weighted by molar-refractivity contribution is 7.89. The molecule has 0 spiro atoms. The number of nitrogen functional groups attached to an aromatic ring is 1. The number of nitrogens with one attached hydrogen (secondary N) is 2. The van der Waals surface area contributed by atoms with Crippen molar-refractivity contribution in [3.63, 3.8) is 0 Å². The minimum Gasteiger partial charge on any atom is -0.398 e. The summed E-state index contributed by atoms with van der Waals surface area (Å²) in [6.45, 7) is 2.29. The van der Waals surface area contributed by atoms with Gasteiger partial charge >= 0.3 is 0 Å². The number of allylic oxidation sites excluding steroid dienone is 2. The van der Waals surface area contributed by atoms with Gasteiger partial charge in [0, 0.05) is 24.8 Å². The SMILES string of the molecule is Nc1ccccc1S(=O)(=O)NCC1CCC(CNCc2ccnc3c2C=CCC=C3)CC1. The van der Waals surface area contributed by atoms with E-state index in [0.29, 0.717) is 18.4 Å². The van der Waals surface area contributed by atoms with Crippen molar-refractivity contribution in [2.45, 2.75) is 43.5 Å². The number of rotatable bonds is 8. The standard InChI is InChI=1S/C25H32N4O2S/c26-23-7-4-5-9-25(23)32(30,31)29-17-20-12-10-19(11-13-20)16-27-18-21-14-15-28-24-8-3-1-2-6-22(21)24/h2-9,14-15,19-20,27,29H,1,10-13,16-18,26H2. The highest BCUT2D eigenvalue weighted by Crippen LogP contribution is 2.29. The second-order valence-electron chi connectivity index (χ2n) is 8.72. The van der Waals surface area contributed by atoms with Gasteiger partial charge in [0.2, 0.25) is 10.0 Å². The average Bonchev–Trinajstić information content (AvgIpc) is 3.05. The summed E-state index contributed by atoms with van der Waals surface area (Å²) in [5, 5.41) is 3.63. The zero-order valence-corrected chi connectivity index (χ0v) is 19.2. The number of sulfonamides is 1. The molecule has 0 unspecified atom stereocenters. The summed E-state index contributed by atoms with van der Waals surface area (Å²) in [5.74, 6) is 1.00. The Morgan fingerprint density at radius 1 is 0.969 bits per heavy atom. The molecule has 4 rings (SSSR count). The van der Waals surface area contributed by atoms with E-state index in [1.165, 1.54) is 11.1 Å². The van der Waals surface area contributed by atoms with Crippen molar-refractivity contribution in [2.24, 2.45) is 11.8 Å². The summed E-state index contributed by atoms with van der Waals surface area (Å²) in [6, 6.07) is 8.69. The summed E-state index contributed by atoms with van der Waals surface area (Å²) in [4.78, 5) is 4.65. The lowest BCUT2D eigenvalue weighted by molar-refractivity contribution is 0.268. The Morgan fingerprint density at radius 3 is 2.47 bits per heavy atom. The van der Waals surface area contributed by atoms with Crippen LogP contribution in [0.5, 0.6) is 0 Å². The fourth-order valence-electron chi connectivity index (χ4n) is 4.54. The highest BCUT2D eigenvalue weighted by Gasteiger charge is 2.24. The van der Waals surface area contributed by atoms with Gasteiger partial charge in [0.05, 0.1) is 11.4 Å². The number of aromatic nitrogens is 1. The van der Waals surface area contributed by atoms with Gasteiger partial charge in [-0.15, -0.1) is 0 Å². The fraction of sp³-hybridized carbons (Fsp3) is 0.400. The van der Waals surface area contributed by atoms with Crippen molar-refractivity contribution >= 4 is 27.9 Å². The molecule has 4 N–H and O–H groups in total. The van der Waals surface area contributed by atoms with Crippen LogP contribution < -0.4 is 15.8 Å². The van der Waals surface area contributed by atoms with E-state index < -0.39 is 10.0 Å². The van der Waals surface area contributed by atoms with Crippen LogP contribution in [0.2, 0.25) is 0 Å². The summed E-state index contributed by atoms with van der Waals surface area (Å²) < 4.78 is 27.8. The number of pyridine rings is 1. The van der Waals surface area contributed by atoms with Crippen LogP contribution in [0.15, 0.2) is 53.6 Å². The third kappa shape index (κ3) is 5.65. The number of hydrogen-bond donors (Lipinski definition) is 3. The number of anilines is 1. The summed E-state index contributed by atoms with van der Waals surface area (Å²) in [6.07, 6.45) is 15.7. The average molecular weight is 453 g/mol. The maximum atomic E-state index is 12.5. The van der Waals surface area contributed by atoms with Crippen LogP contribution in [0.3, 0.4) is 0 Å². The molecule has 2 aromatic rings. The molecule has 1 fully saturated rings. The molecule has 32 heavy (non-hydrogen) atoms. The molecule has 1 aromatic carbocycles. The van der Waals surface area contributed by atoms with E-state index in [1.54, 1.807) is 24.3 Å². The van der Waals surface area contributed by atoms with Gasteiger partial charge in [-0.05, 0) is 80.3 Å². The van der Waals surface area contributed by atoms with E-state index in [1.807, 2.05) is 6.20 Å². The molecular formula is C25H32N4O2S. The second-order valence-corrected chi connectivity index (χ2v) is 10.5. The lowest BCUT2D eigenvalue weighted by Crippen LogP contribution is -2.33. The summed E-state index contributed by atoms with van der Waals surface area (Å²) >= 11 is 0. The number of hydrogen-bond acceptors (Lipinski definition) is 5. The van der Waals surface area contributed by atoms with Crippen molar-refractivity contribution < 1.29 is 8.42 Å². The summed E-state index contributed by atoms with van der Waals surface area (Å²) in [5.41, 5.74) is 9.65. The largest absolute Gasteiger partial charge is 0.398 e. The van der Waals surface area contributed by atoms with Crippen LogP contribution in [0.1, 0.15) is 48.9 Å². The fourth-order valence-corrected chi connectivity index (χ4v) is 5.78. The minimum absolute atomic E-state index is 0.164. The first kappa shape index (κ1) is 22.7. The van der Waals surface area contributed by atoms with Gasteiger partial charge in [0.25, 0.3) is 0 Å². The van der Waals surface area contributed by atoms with Crippen LogP contribution in [-0.2, 0) is 16.6 Å². The normalized spacial score (nSPS) is 20.6. The Kier molecular flexibility index (Phi) is 7.40. The molecule has 0 amide bonds. The van der Waals surface area contributed by atoms with Gasteiger partial charge in [0.1, 0.15) is 4.90 Å². The van der Waals surface area contributed by atoms with Crippen LogP contribution >= 0.6 is 0 Å². The first-order valence-corrected chi connectivity index (χ1v) is 12.9. The quantitative estimate of drug-likeness (QED) is 0.527. The number of para-hydroxylation sites is 1. The third-order valence-corrected chi connectivity index (χ3v) is 7.93. The lowest BCUT2D eigenvalue weighted by Gasteiger charge is -2.29. The zero-order chi connectivity index (χ0) is 22.4. The van der Waals surface area contributed by atoms with Crippen LogP contribution in [0.4, 0.5) is 5.69 Å². The van der Waals surface area contributed by atoms with Gasteiger partial charge in [-0.1, -0.05) is 30.4 Å². The lowest BCUT2D eigenvalue weighted by atomic mass is 9.82.